The average Bonchev–Trinajstić information content (AvgIpc) is 3.39. The molecular formula is C30H28N4O4. The van der Waals surface area contributed by atoms with Crippen LogP contribution in [0.4, 0.5) is 5.82 Å². The molecule has 38 heavy (non-hydrogen) atoms. The number of aromatic amines is 1. The first-order chi connectivity index (χ1) is 18.6. The van der Waals surface area contributed by atoms with Gasteiger partial charge in [-0.1, -0.05) is 73.7 Å². The number of H-pyrrole nitrogens is 1. The van der Waals surface area contributed by atoms with Crippen LogP contribution in [0.15, 0.2) is 88.2 Å². The Kier molecular flexibility index (Phi) is 7.31. The molecule has 0 saturated heterocycles. The van der Waals surface area contributed by atoms with E-state index in [4.69, 9.17) is 14.2 Å². The first kappa shape index (κ1) is 25.0. The van der Waals surface area contributed by atoms with Crippen LogP contribution >= 0.6 is 0 Å². The van der Waals surface area contributed by atoms with Gasteiger partial charge < -0.3 is 14.6 Å². The third-order valence-electron chi connectivity index (χ3n) is 6.42. The largest absolute Gasteiger partial charge is 0.462 e. The standard InChI is InChI=1S/C30H28N4O4/c1-3-22(31-27-25(29(35)37-4-2)18-21-9-5-8-12-26(21)32-27)17-19-13-15-20(16-14-19)23-10-6-7-11-24(23)28-33-30(36)38-34-28/h5-16,18,22H,3-4,17H2,1-2H3,(H,31,32)(H,33,34,36). The van der Waals surface area contributed by atoms with E-state index in [1.54, 1.807) is 6.92 Å². The van der Waals surface area contributed by atoms with E-state index in [1.807, 2.05) is 54.6 Å². The molecule has 8 heteroatoms. The first-order valence-electron chi connectivity index (χ1n) is 12.6. The molecule has 1 atom stereocenters. The van der Waals surface area contributed by atoms with Crippen LogP contribution in [0.1, 0.15) is 36.2 Å². The van der Waals surface area contributed by atoms with Gasteiger partial charge in [-0.2, -0.15) is 10.1 Å². The van der Waals surface area contributed by atoms with E-state index in [0.717, 1.165) is 46.0 Å². The quantitative estimate of drug-likeness (QED) is 0.240. The Morgan fingerprint density at radius 1 is 0.974 bits per heavy atom. The van der Waals surface area contributed by atoms with Crippen LogP contribution in [0.25, 0.3) is 33.4 Å². The minimum absolute atomic E-state index is 0.0511. The Balaban J connectivity index is 1.38. The topological polar surface area (TPSA) is 110 Å². The fourth-order valence-corrected chi connectivity index (χ4v) is 4.47. The Bertz CT molecular complexity index is 1620. The minimum Gasteiger partial charge on any atom is -0.462 e. The molecule has 0 fully saturated rings. The maximum Gasteiger partial charge on any atom is 0.460 e. The fourth-order valence-electron chi connectivity index (χ4n) is 4.47. The lowest BCUT2D eigenvalue weighted by Crippen LogP contribution is -2.24. The number of fused-ring (bicyclic) bond motifs is 1. The molecular weight excluding hydrogens is 480 g/mol. The predicted octanol–water partition coefficient (Wildman–Crippen LogP) is 5.86. The van der Waals surface area contributed by atoms with Crippen molar-refractivity contribution in [1.29, 1.82) is 0 Å². The Hall–Kier alpha value is -4.72. The Morgan fingerprint density at radius 3 is 2.42 bits per heavy atom. The van der Waals surface area contributed by atoms with Crippen LogP contribution in [0.5, 0.6) is 0 Å². The van der Waals surface area contributed by atoms with E-state index in [0.29, 0.717) is 23.8 Å². The Morgan fingerprint density at radius 2 is 1.71 bits per heavy atom. The van der Waals surface area contributed by atoms with Crippen molar-refractivity contribution >= 4 is 22.7 Å². The molecule has 5 aromatic rings. The maximum absolute atomic E-state index is 12.7. The lowest BCUT2D eigenvalue weighted by molar-refractivity contribution is 0.0527. The van der Waals surface area contributed by atoms with Gasteiger partial charge in [0.1, 0.15) is 11.4 Å². The van der Waals surface area contributed by atoms with Gasteiger partial charge in [-0.3, -0.25) is 0 Å². The van der Waals surface area contributed by atoms with E-state index in [1.165, 1.54) is 0 Å². The van der Waals surface area contributed by atoms with Crippen LogP contribution in [0.2, 0.25) is 0 Å². The maximum atomic E-state index is 12.7. The molecule has 0 aliphatic carbocycles. The van der Waals surface area contributed by atoms with Crippen molar-refractivity contribution in [3.8, 4) is 22.5 Å². The van der Waals surface area contributed by atoms with Crippen molar-refractivity contribution < 1.29 is 14.1 Å². The zero-order valence-corrected chi connectivity index (χ0v) is 21.2. The summed E-state index contributed by atoms with van der Waals surface area (Å²) in [5.74, 6) is -0.124. The number of ether oxygens (including phenoxy) is 1. The lowest BCUT2D eigenvalue weighted by Gasteiger charge is -2.20. The molecule has 2 heterocycles. The molecule has 2 aromatic heterocycles. The zero-order valence-electron chi connectivity index (χ0n) is 21.2. The van der Waals surface area contributed by atoms with Crippen molar-refractivity contribution in [2.45, 2.75) is 32.7 Å². The number of nitrogens with one attached hydrogen (secondary N) is 2. The van der Waals surface area contributed by atoms with E-state index in [-0.39, 0.29) is 12.0 Å². The molecule has 3 aromatic carbocycles. The number of para-hydroxylation sites is 1. The molecule has 0 bridgehead atoms. The number of carbonyl (C=O) groups excluding carboxylic acids is 1. The van der Waals surface area contributed by atoms with E-state index in [9.17, 15) is 9.59 Å². The average molecular weight is 509 g/mol. The molecule has 192 valence electrons. The summed E-state index contributed by atoms with van der Waals surface area (Å²) in [6.07, 6.45) is 1.58. The zero-order chi connectivity index (χ0) is 26.5. The molecule has 0 radical (unpaired) electrons. The monoisotopic (exact) mass is 508 g/mol. The van der Waals surface area contributed by atoms with Crippen molar-refractivity contribution in [3.63, 3.8) is 0 Å². The van der Waals surface area contributed by atoms with Gasteiger partial charge in [0.05, 0.1) is 12.1 Å². The normalized spacial score (nSPS) is 11.8. The summed E-state index contributed by atoms with van der Waals surface area (Å²) in [7, 11) is 0. The van der Waals surface area contributed by atoms with Gasteiger partial charge in [-0.05, 0) is 48.6 Å². The summed E-state index contributed by atoms with van der Waals surface area (Å²) < 4.78 is 10.1. The molecule has 0 amide bonds. The lowest BCUT2D eigenvalue weighted by atomic mass is 9.96. The second kappa shape index (κ2) is 11.1. The highest BCUT2D eigenvalue weighted by atomic mass is 16.5. The summed E-state index contributed by atoms with van der Waals surface area (Å²) in [6, 6.07) is 25.6. The van der Waals surface area contributed by atoms with Crippen LogP contribution in [0, 0.1) is 0 Å². The van der Waals surface area contributed by atoms with Gasteiger partial charge in [0.2, 0.25) is 0 Å². The molecule has 0 spiro atoms. The molecule has 0 aliphatic heterocycles. The number of aromatic nitrogens is 3. The number of nitrogens with zero attached hydrogens (tertiary/aromatic N) is 2. The van der Waals surface area contributed by atoms with Crippen LogP contribution in [-0.2, 0) is 11.2 Å². The predicted molar refractivity (Wildman–Crippen MR) is 147 cm³/mol. The smallest absolute Gasteiger partial charge is 0.460 e. The first-order valence-corrected chi connectivity index (χ1v) is 12.6. The third-order valence-corrected chi connectivity index (χ3v) is 6.42. The van der Waals surface area contributed by atoms with Crippen LogP contribution in [0.3, 0.4) is 0 Å². The number of hydrogen-bond donors (Lipinski definition) is 2. The highest BCUT2D eigenvalue weighted by Gasteiger charge is 2.19. The number of carbonyl (C=O) groups is 1. The number of anilines is 1. The van der Waals surface area contributed by atoms with Crippen molar-refractivity contribution in [3.05, 3.63) is 101 Å². The summed E-state index contributed by atoms with van der Waals surface area (Å²) in [6.45, 7) is 4.19. The van der Waals surface area contributed by atoms with Gasteiger partial charge in [0, 0.05) is 17.0 Å². The minimum atomic E-state index is -0.657. The van der Waals surface area contributed by atoms with Gasteiger partial charge in [0.15, 0.2) is 5.82 Å². The number of benzene rings is 3. The highest BCUT2D eigenvalue weighted by Crippen LogP contribution is 2.30. The SMILES string of the molecule is CCOC(=O)c1cc2ccccc2nc1NC(CC)Cc1ccc(-c2ccccc2-c2nc(=O)o[nH]2)cc1. The van der Waals surface area contributed by atoms with Crippen molar-refractivity contribution in [2.75, 3.05) is 11.9 Å². The van der Waals surface area contributed by atoms with Gasteiger partial charge >= 0.3 is 11.7 Å². The van der Waals surface area contributed by atoms with Crippen LogP contribution < -0.4 is 11.1 Å². The Labute approximate surface area is 219 Å². The number of hydrogen-bond acceptors (Lipinski definition) is 7. The van der Waals surface area contributed by atoms with Crippen molar-refractivity contribution in [2.24, 2.45) is 0 Å². The molecule has 0 aliphatic rings. The molecule has 8 nitrogen and oxygen atoms in total. The molecule has 5 rings (SSSR count). The van der Waals surface area contributed by atoms with E-state index >= 15 is 0 Å². The summed E-state index contributed by atoms with van der Waals surface area (Å²) in [4.78, 5) is 32.8. The molecule has 2 N–H and O–H groups in total. The number of pyridine rings is 1. The second-order valence-corrected chi connectivity index (χ2v) is 8.92. The third kappa shape index (κ3) is 5.34. The number of rotatable bonds is 9. The van der Waals surface area contributed by atoms with Gasteiger partial charge in [0.25, 0.3) is 0 Å². The molecule has 0 saturated carbocycles. The summed E-state index contributed by atoms with van der Waals surface area (Å²) in [5.41, 5.74) is 5.10. The second-order valence-electron chi connectivity index (χ2n) is 8.92. The number of esters is 1. The van der Waals surface area contributed by atoms with E-state index < -0.39 is 5.76 Å². The summed E-state index contributed by atoms with van der Waals surface area (Å²) >= 11 is 0. The van der Waals surface area contributed by atoms with E-state index in [2.05, 4.69) is 46.6 Å². The van der Waals surface area contributed by atoms with Gasteiger partial charge in [-0.15, -0.1) is 0 Å². The van der Waals surface area contributed by atoms with Gasteiger partial charge in [-0.25, -0.2) is 14.6 Å². The van der Waals surface area contributed by atoms with Crippen LogP contribution in [-0.4, -0.2) is 33.7 Å². The molecule has 1 unspecified atom stereocenters. The summed E-state index contributed by atoms with van der Waals surface area (Å²) in [5, 5.41) is 6.97. The van der Waals surface area contributed by atoms with Crippen molar-refractivity contribution in [1.82, 2.24) is 15.1 Å². The highest BCUT2D eigenvalue weighted by molar-refractivity contribution is 5.99. The fraction of sp³-hybridized carbons (Fsp3) is 0.200.